The Labute approximate surface area is 217 Å². The molecule has 10 nitrogen and oxygen atoms in total. The molecule has 16 heteroatoms. The van der Waals surface area contributed by atoms with Gasteiger partial charge in [0.15, 0.2) is 0 Å². The zero-order valence-corrected chi connectivity index (χ0v) is 20.3. The van der Waals surface area contributed by atoms with Crippen molar-refractivity contribution in [2.24, 2.45) is 5.92 Å². The number of hydrogen-bond donors (Lipinski definition) is 3. The maximum Gasteiger partial charge on any atom is 0.490 e. The van der Waals surface area contributed by atoms with Crippen LogP contribution in [-0.2, 0) is 25.7 Å². The van der Waals surface area contributed by atoms with E-state index in [0.29, 0.717) is 5.92 Å². The van der Waals surface area contributed by atoms with E-state index in [4.69, 9.17) is 29.0 Å². The van der Waals surface area contributed by atoms with Gasteiger partial charge in [0.25, 0.3) is 5.91 Å². The number of alkyl halides is 6. The number of carbonyl (C=O) groups excluding carboxylic acids is 1. The van der Waals surface area contributed by atoms with Gasteiger partial charge in [-0.1, -0.05) is 0 Å². The Kier molecular flexibility index (Phi) is 10.9. The fourth-order valence-corrected chi connectivity index (χ4v) is 3.78. The molecule has 1 amide bonds. The smallest absolute Gasteiger partial charge is 0.475 e. The second kappa shape index (κ2) is 13.4. The number of aromatic nitrogens is 1. The zero-order chi connectivity index (χ0) is 29.4. The zero-order valence-electron chi connectivity index (χ0n) is 20.3. The molecule has 216 valence electrons. The maximum atomic E-state index is 12.6. The highest BCUT2D eigenvalue weighted by molar-refractivity contribution is 5.94. The Balaban J connectivity index is 0.000000317. The predicted molar refractivity (Wildman–Crippen MR) is 120 cm³/mol. The van der Waals surface area contributed by atoms with Crippen LogP contribution in [0.3, 0.4) is 0 Å². The molecule has 0 radical (unpaired) electrons. The number of furan rings is 1. The lowest BCUT2D eigenvalue weighted by atomic mass is 9.91. The first-order chi connectivity index (χ1) is 18.1. The Bertz CT molecular complexity index is 1080. The fourth-order valence-electron chi connectivity index (χ4n) is 3.78. The number of aliphatic carboxylic acids is 2. The topological polar surface area (TPSA) is 142 Å². The van der Waals surface area contributed by atoms with Crippen LogP contribution in [0.5, 0.6) is 0 Å². The highest BCUT2D eigenvalue weighted by Gasteiger charge is 2.42. The molecule has 2 saturated heterocycles. The number of carbonyl (C=O) groups is 3. The summed E-state index contributed by atoms with van der Waals surface area (Å²) in [7, 11) is 0. The van der Waals surface area contributed by atoms with Crippen molar-refractivity contribution >= 4 is 23.5 Å². The third-order valence-electron chi connectivity index (χ3n) is 5.66. The molecule has 0 unspecified atom stereocenters. The van der Waals surface area contributed by atoms with Crippen LogP contribution in [0.25, 0.3) is 0 Å². The third kappa shape index (κ3) is 10.2. The van der Waals surface area contributed by atoms with Gasteiger partial charge in [-0.2, -0.15) is 26.3 Å². The lowest BCUT2D eigenvalue weighted by Crippen LogP contribution is -2.41. The fraction of sp³-hybridized carbons (Fsp3) is 0.478. The van der Waals surface area contributed by atoms with Crippen LogP contribution >= 0.6 is 0 Å². The number of carboxylic acids is 2. The molecule has 2 aromatic heterocycles. The number of halogens is 6. The summed E-state index contributed by atoms with van der Waals surface area (Å²) in [5.41, 5.74) is 2.75. The molecule has 0 aliphatic carbocycles. The van der Waals surface area contributed by atoms with Gasteiger partial charge >= 0.3 is 24.3 Å². The molecule has 2 aromatic rings. The van der Waals surface area contributed by atoms with Gasteiger partial charge in [-0.25, -0.2) is 9.59 Å². The van der Waals surface area contributed by atoms with Gasteiger partial charge in [-0.15, -0.1) is 0 Å². The molecule has 3 atom stereocenters. The lowest BCUT2D eigenvalue weighted by Gasteiger charge is -2.33. The maximum absolute atomic E-state index is 12.6. The van der Waals surface area contributed by atoms with Gasteiger partial charge in [-0.3, -0.25) is 14.7 Å². The van der Waals surface area contributed by atoms with E-state index < -0.39 is 24.3 Å². The number of nitrogens with zero attached hydrogens (tertiary/aromatic N) is 2. The van der Waals surface area contributed by atoms with E-state index >= 15 is 0 Å². The highest BCUT2D eigenvalue weighted by atomic mass is 19.4. The number of likely N-dealkylation sites (tertiary alicyclic amines) is 1. The number of pyridine rings is 1. The summed E-state index contributed by atoms with van der Waals surface area (Å²) in [6, 6.07) is 5.69. The number of amides is 1. The second-order valence-electron chi connectivity index (χ2n) is 8.55. The molecular formula is C23H25F6N3O7. The summed E-state index contributed by atoms with van der Waals surface area (Å²) in [6.07, 6.45) is -3.33. The van der Waals surface area contributed by atoms with E-state index in [1.807, 2.05) is 25.1 Å². The van der Waals surface area contributed by atoms with Gasteiger partial charge in [0, 0.05) is 24.8 Å². The summed E-state index contributed by atoms with van der Waals surface area (Å²) in [4.78, 5) is 36.9. The number of carboxylic acid groups (broad SMARTS) is 2. The molecule has 0 bridgehead atoms. The molecule has 2 aliphatic heterocycles. The molecule has 2 aliphatic rings. The van der Waals surface area contributed by atoms with Crippen molar-refractivity contribution in [3.63, 3.8) is 0 Å². The van der Waals surface area contributed by atoms with Crippen LogP contribution in [0.2, 0.25) is 0 Å². The minimum Gasteiger partial charge on any atom is -0.475 e. The number of aryl methyl sites for hydroxylation is 1. The minimum absolute atomic E-state index is 0.0631. The summed E-state index contributed by atoms with van der Waals surface area (Å²) in [6.45, 7) is 4.66. The molecule has 2 fully saturated rings. The van der Waals surface area contributed by atoms with Gasteiger partial charge in [-0.05, 0) is 50.4 Å². The number of anilines is 1. The van der Waals surface area contributed by atoms with E-state index in [0.717, 1.165) is 43.9 Å². The first-order valence-electron chi connectivity index (χ1n) is 11.3. The average molecular weight is 569 g/mol. The van der Waals surface area contributed by atoms with Crippen molar-refractivity contribution in [3.05, 3.63) is 48.2 Å². The number of fused-ring (bicyclic) bond motifs is 1. The monoisotopic (exact) mass is 569 g/mol. The van der Waals surface area contributed by atoms with Crippen molar-refractivity contribution in [2.75, 3.05) is 18.4 Å². The Hall–Kier alpha value is -3.66. The van der Waals surface area contributed by atoms with E-state index in [9.17, 15) is 31.1 Å². The molecule has 0 aromatic carbocycles. The second-order valence-corrected chi connectivity index (χ2v) is 8.55. The molecule has 39 heavy (non-hydrogen) atoms. The molecule has 4 heterocycles. The number of ether oxygens (including phenoxy) is 1. The van der Waals surface area contributed by atoms with Crippen molar-refractivity contribution in [2.45, 2.75) is 50.9 Å². The molecule has 0 spiro atoms. The normalized spacial score (nSPS) is 20.9. The summed E-state index contributed by atoms with van der Waals surface area (Å²) in [5.74, 6) is -5.11. The summed E-state index contributed by atoms with van der Waals surface area (Å²) >= 11 is 0. The summed E-state index contributed by atoms with van der Waals surface area (Å²) in [5, 5.41) is 17.2. The largest absolute Gasteiger partial charge is 0.490 e. The SMILES string of the molecule is Cc1ncccc1NC(=O)[C@H]1C[C@@H]2CCN(Cc3ccoc3)C[C@@H]2O1.O=C(O)C(F)(F)F.O=C(O)C(F)(F)F. The van der Waals surface area contributed by atoms with Gasteiger partial charge in [0.1, 0.15) is 6.10 Å². The first kappa shape index (κ1) is 31.6. The highest BCUT2D eigenvalue weighted by Crippen LogP contribution is 2.34. The van der Waals surface area contributed by atoms with Crippen LogP contribution < -0.4 is 5.32 Å². The van der Waals surface area contributed by atoms with Crippen molar-refractivity contribution < 1.29 is 60.1 Å². The van der Waals surface area contributed by atoms with Crippen LogP contribution in [0.15, 0.2) is 41.3 Å². The van der Waals surface area contributed by atoms with E-state index in [1.165, 1.54) is 5.56 Å². The van der Waals surface area contributed by atoms with Crippen molar-refractivity contribution in [1.29, 1.82) is 0 Å². The summed E-state index contributed by atoms with van der Waals surface area (Å²) < 4.78 is 74.7. The van der Waals surface area contributed by atoms with Crippen LogP contribution in [0.4, 0.5) is 32.0 Å². The average Bonchev–Trinajstić information content (AvgIpc) is 3.50. The predicted octanol–water partition coefficient (Wildman–Crippen LogP) is 3.87. The van der Waals surface area contributed by atoms with E-state index in [2.05, 4.69) is 15.2 Å². The number of rotatable bonds is 4. The minimum atomic E-state index is -5.08. The van der Waals surface area contributed by atoms with Gasteiger partial charge < -0.3 is 24.7 Å². The van der Waals surface area contributed by atoms with E-state index in [-0.39, 0.29) is 18.1 Å². The number of piperidine rings is 1. The molecular weight excluding hydrogens is 544 g/mol. The number of nitrogens with one attached hydrogen (secondary N) is 1. The van der Waals surface area contributed by atoms with Crippen LogP contribution in [0.1, 0.15) is 24.1 Å². The Morgan fingerprint density at radius 2 is 1.72 bits per heavy atom. The third-order valence-corrected chi connectivity index (χ3v) is 5.66. The van der Waals surface area contributed by atoms with Crippen LogP contribution in [0, 0.1) is 12.8 Å². The van der Waals surface area contributed by atoms with Crippen LogP contribution in [-0.4, -0.2) is 75.6 Å². The Morgan fingerprint density at radius 3 is 2.23 bits per heavy atom. The lowest BCUT2D eigenvalue weighted by molar-refractivity contribution is -0.193. The Morgan fingerprint density at radius 1 is 1.10 bits per heavy atom. The quantitative estimate of drug-likeness (QED) is 0.468. The standard InChI is InChI=1S/C19H23N3O3.2C2HF3O2/c1-13-16(3-2-6-20-13)21-19(23)17-9-15-4-7-22(11-18(15)25-17)10-14-5-8-24-12-14;2*3-2(4,5)1(6)7/h2-3,5-6,8,12,15,17-18H,4,7,9-11H2,1H3,(H,21,23);2*(H,6,7)/t15-,17+,18-;;/m0../s1. The molecule has 0 saturated carbocycles. The van der Waals surface area contributed by atoms with E-state index in [1.54, 1.807) is 18.7 Å². The van der Waals surface area contributed by atoms with Gasteiger partial charge in [0.05, 0.1) is 30.0 Å². The first-order valence-corrected chi connectivity index (χ1v) is 11.3. The number of hydrogen-bond acceptors (Lipinski definition) is 7. The van der Waals surface area contributed by atoms with Gasteiger partial charge in [0.2, 0.25) is 0 Å². The molecule has 3 N–H and O–H groups in total. The molecule has 4 rings (SSSR count). The van der Waals surface area contributed by atoms with Crippen molar-refractivity contribution in [1.82, 2.24) is 9.88 Å². The van der Waals surface area contributed by atoms with Crippen molar-refractivity contribution in [3.8, 4) is 0 Å².